The minimum absolute atomic E-state index is 0.0261. The Morgan fingerprint density at radius 3 is 2.36 bits per heavy atom. The zero-order valence-electron chi connectivity index (χ0n) is 20.5. The molecule has 0 spiro atoms. The Kier molecular flexibility index (Phi) is 6.62. The van der Waals surface area contributed by atoms with E-state index < -0.39 is 0 Å². The van der Waals surface area contributed by atoms with Crippen LogP contribution in [0.5, 0.6) is 23.0 Å². The highest BCUT2D eigenvalue weighted by atomic mass is 16.5. The molecule has 186 valence electrons. The summed E-state index contributed by atoms with van der Waals surface area (Å²) in [6, 6.07) is 15.2. The SMILES string of the molecule is COc1cc(-c2cc(C(=O)N3CCC(Oc4cccc5cccnc45)CC3)[nH]n2)cc(OC)c1OC. The number of amides is 1. The van der Waals surface area contributed by atoms with Crippen molar-refractivity contribution >= 4 is 16.8 Å². The van der Waals surface area contributed by atoms with Crippen LogP contribution in [0.1, 0.15) is 23.3 Å². The van der Waals surface area contributed by atoms with Crippen molar-refractivity contribution in [3.8, 4) is 34.3 Å². The third kappa shape index (κ3) is 4.51. The van der Waals surface area contributed by atoms with Gasteiger partial charge in [-0.05, 0) is 30.3 Å². The number of fused-ring (bicyclic) bond motifs is 1. The molecule has 1 saturated heterocycles. The molecule has 36 heavy (non-hydrogen) atoms. The fraction of sp³-hybridized carbons (Fsp3) is 0.296. The number of methoxy groups -OCH3 is 3. The number of nitrogens with one attached hydrogen (secondary N) is 1. The zero-order valence-corrected chi connectivity index (χ0v) is 20.5. The third-order valence-corrected chi connectivity index (χ3v) is 6.39. The maximum atomic E-state index is 13.2. The first kappa shape index (κ1) is 23.5. The lowest BCUT2D eigenvalue weighted by molar-refractivity contribution is 0.0592. The van der Waals surface area contributed by atoms with Crippen LogP contribution >= 0.6 is 0 Å². The third-order valence-electron chi connectivity index (χ3n) is 6.39. The van der Waals surface area contributed by atoms with Gasteiger partial charge in [0.1, 0.15) is 23.1 Å². The molecule has 0 radical (unpaired) electrons. The molecular weight excluding hydrogens is 460 g/mol. The lowest BCUT2D eigenvalue weighted by atomic mass is 10.1. The highest BCUT2D eigenvalue weighted by Gasteiger charge is 2.27. The minimum atomic E-state index is -0.0912. The molecule has 1 amide bonds. The molecule has 2 aromatic heterocycles. The number of para-hydroxylation sites is 1. The molecule has 0 saturated carbocycles. The van der Waals surface area contributed by atoms with Gasteiger partial charge in [0, 0.05) is 43.1 Å². The van der Waals surface area contributed by atoms with Crippen LogP contribution in [-0.2, 0) is 0 Å². The molecule has 0 atom stereocenters. The normalized spacial score (nSPS) is 14.0. The van der Waals surface area contributed by atoms with Gasteiger partial charge in [-0.25, -0.2) is 0 Å². The number of ether oxygens (including phenoxy) is 4. The molecule has 3 heterocycles. The number of aromatic nitrogens is 3. The van der Waals surface area contributed by atoms with Gasteiger partial charge in [-0.1, -0.05) is 18.2 Å². The standard InChI is InChI=1S/C27H28N4O5/c1-33-23-14-18(15-24(34-2)26(23)35-3)20-16-21(30-29-20)27(32)31-12-9-19(10-13-31)36-22-8-4-6-17-7-5-11-28-25(17)22/h4-8,11,14-16,19H,9-10,12-13H2,1-3H3,(H,29,30). The second-order valence-corrected chi connectivity index (χ2v) is 8.52. The van der Waals surface area contributed by atoms with Crippen LogP contribution in [0.4, 0.5) is 0 Å². The first-order valence-electron chi connectivity index (χ1n) is 11.8. The molecule has 9 heteroatoms. The van der Waals surface area contributed by atoms with Crippen LogP contribution in [0.15, 0.2) is 54.7 Å². The van der Waals surface area contributed by atoms with Gasteiger partial charge in [-0.15, -0.1) is 0 Å². The summed E-state index contributed by atoms with van der Waals surface area (Å²) in [5, 5.41) is 8.28. The van der Waals surface area contributed by atoms with Gasteiger partial charge in [0.05, 0.1) is 27.0 Å². The number of carbonyl (C=O) groups excluding carboxylic acids is 1. The van der Waals surface area contributed by atoms with Crippen molar-refractivity contribution in [1.29, 1.82) is 0 Å². The summed E-state index contributed by atoms with van der Waals surface area (Å²) in [6.07, 6.45) is 3.28. The fourth-order valence-electron chi connectivity index (χ4n) is 4.51. The summed E-state index contributed by atoms with van der Waals surface area (Å²) in [5.74, 6) is 2.23. The van der Waals surface area contributed by atoms with Crippen LogP contribution < -0.4 is 18.9 Å². The first-order valence-corrected chi connectivity index (χ1v) is 11.8. The minimum Gasteiger partial charge on any atom is -0.493 e. The predicted octanol–water partition coefficient (Wildman–Crippen LogP) is 4.33. The molecule has 1 aliphatic heterocycles. The number of H-pyrrole nitrogens is 1. The number of aromatic amines is 1. The molecule has 0 bridgehead atoms. The molecule has 4 aromatic rings. The van der Waals surface area contributed by atoms with Gasteiger partial charge in [0.2, 0.25) is 5.75 Å². The molecule has 0 unspecified atom stereocenters. The second kappa shape index (κ2) is 10.2. The Bertz CT molecular complexity index is 1350. The van der Waals surface area contributed by atoms with Crippen molar-refractivity contribution in [2.24, 2.45) is 0 Å². The number of piperidine rings is 1. The number of likely N-dealkylation sites (tertiary alicyclic amines) is 1. The molecular formula is C27H28N4O5. The van der Waals surface area contributed by atoms with Gasteiger partial charge >= 0.3 is 0 Å². The summed E-state index contributed by atoms with van der Waals surface area (Å²) in [4.78, 5) is 19.5. The predicted molar refractivity (Wildman–Crippen MR) is 135 cm³/mol. The summed E-state index contributed by atoms with van der Waals surface area (Å²) >= 11 is 0. The number of hydrogen-bond donors (Lipinski definition) is 1. The Hall–Kier alpha value is -4.27. The van der Waals surface area contributed by atoms with Gasteiger partial charge in [-0.3, -0.25) is 14.9 Å². The smallest absolute Gasteiger partial charge is 0.271 e. The average molecular weight is 489 g/mol. The van der Waals surface area contributed by atoms with Crippen molar-refractivity contribution in [2.75, 3.05) is 34.4 Å². The number of pyridine rings is 1. The van der Waals surface area contributed by atoms with Crippen molar-refractivity contribution in [2.45, 2.75) is 18.9 Å². The maximum Gasteiger partial charge on any atom is 0.271 e. The van der Waals surface area contributed by atoms with Crippen molar-refractivity contribution in [1.82, 2.24) is 20.1 Å². The first-order chi connectivity index (χ1) is 17.6. The van der Waals surface area contributed by atoms with Crippen LogP contribution in [-0.4, -0.2) is 66.5 Å². The Morgan fingerprint density at radius 2 is 1.67 bits per heavy atom. The number of hydrogen-bond acceptors (Lipinski definition) is 7. The monoisotopic (exact) mass is 488 g/mol. The van der Waals surface area contributed by atoms with Crippen LogP contribution in [0.3, 0.4) is 0 Å². The van der Waals surface area contributed by atoms with E-state index in [1.807, 2.05) is 35.2 Å². The molecule has 9 nitrogen and oxygen atoms in total. The number of carbonyl (C=O) groups is 1. The molecule has 1 fully saturated rings. The van der Waals surface area contributed by atoms with Gasteiger partial charge in [0.25, 0.3) is 5.91 Å². The van der Waals surface area contributed by atoms with E-state index >= 15 is 0 Å². The quantitative estimate of drug-likeness (QED) is 0.413. The maximum absolute atomic E-state index is 13.2. The van der Waals surface area contributed by atoms with E-state index in [1.54, 1.807) is 45.7 Å². The van der Waals surface area contributed by atoms with Gasteiger partial charge in [0.15, 0.2) is 11.5 Å². The highest BCUT2D eigenvalue weighted by Crippen LogP contribution is 2.41. The zero-order chi connectivity index (χ0) is 25.1. The summed E-state index contributed by atoms with van der Waals surface area (Å²) in [5.41, 5.74) is 2.64. The largest absolute Gasteiger partial charge is 0.493 e. The highest BCUT2D eigenvalue weighted by molar-refractivity contribution is 5.93. The molecule has 1 aliphatic rings. The van der Waals surface area contributed by atoms with Gasteiger partial charge < -0.3 is 23.8 Å². The second-order valence-electron chi connectivity index (χ2n) is 8.52. The Morgan fingerprint density at radius 1 is 0.944 bits per heavy atom. The topological polar surface area (TPSA) is 98.8 Å². The summed E-state index contributed by atoms with van der Waals surface area (Å²) < 4.78 is 22.5. The van der Waals surface area contributed by atoms with Crippen LogP contribution in [0.25, 0.3) is 22.2 Å². The van der Waals surface area contributed by atoms with E-state index in [4.69, 9.17) is 18.9 Å². The summed E-state index contributed by atoms with van der Waals surface area (Å²) in [6.45, 7) is 1.19. The van der Waals surface area contributed by atoms with Crippen molar-refractivity contribution < 1.29 is 23.7 Å². The lowest BCUT2D eigenvalue weighted by Crippen LogP contribution is -2.42. The van der Waals surface area contributed by atoms with Crippen LogP contribution in [0, 0.1) is 0 Å². The van der Waals surface area contributed by atoms with Gasteiger partial charge in [-0.2, -0.15) is 5.10 Å². The molecule has 1 N–H and O–H groups in total. The number of nitrogens with zero attached hydrogens (tertiary/aromatic N) is 3. The van der Waals surface area contributed by atoms with Crippen molar-refractivity contribution in [3.63, 3.8) is 0 Å². The Labute approximate surface area is 208 Å². The molecule has 2 aromatic carbocycles. The Balaban J connectivity index is 1.26. The number of rotatable bonds is 7. The van der Waals surface area contributed by atoms with E-state index in [0.717, 1.165) is 35.1 Å². The van der Waals surface area contributed by atoms with E-state index in [0.29, 0.717) is 41.7 Å². The molecule has 0 aliphatic carbocycles. The van der Waals surface area contributed by atoms with E-state index in [9.17, 15) is 4.79 Å². The molecule has 5 rings (SSSR count). The van der Waals surface area contributed by atoms with E-state index in [1.165, 1.54) is 0 Å². The van der Waals surface area contributed by atoms with Crippen LogP contribution in [0.2, 0.25) is 0 Å². The van der Waals surface area contributed by atoms with E-state index in [2.05, 4.69) is 15.2 Å². The van der Waals surface area contributed by atoms with Crippen molar-refractivity contribution in [3.05, 3.63) is 60.4 Å². The lowest BCUT2D eigenvalue weighted by Gasteiger charge is -2.32. The average Bonchev–Trinajstić information content (AvgIpc) is 3.43. The van der Waals surface area contributed by atoms with E-state index in [-0.39, 0.29) is 12.0 Å². The summed E-state index contributed by atoms with van der Waals surface area (Å²) in [7, 11) is 4.67. The number of benzene rings is 2. The fourth-order valence-corrected chi connectivity index (χ4v) is 4.51.